The van der Waals surface area contributed by atoms with Gasteiger partial charge in [0.25, 0.3) is 5.92 Å². The number of alkyl halides is 2. The van der Waals surface area contributed by atoms with Crippen molar-refractivity contribution in [2.45, 2.75) is 31.7 Å². The lowest BCUT2D eigenvalue weighted by Gasteiger charge is -2.15. The van der Waals surface area contributed by atoms with Gasteiger partial charge in [-0.05, 0) is 6.42 Å². The number of carbonyl (C=O) groups excluding carboxylic acids is 1. The summed E-state index contributed by atoms with van der Waals surface area (Å²) in [5.74, 6) is -2.67. The molecule has 11 heavy (non-hydrogen) atoms. The molecule has 64 valence electrons. The van der Waals surface area contributed by atoms with E-state index in [4.69, 9.17) is 0 Å². The monoisotopic (exact) mass is 163 g/mol. The smallest absolute Gasteiger partial charge is 0.267 e. The third-order valence-electron chi connectivity index (χ3n) is 2.02. The van der Waals surface area contributed by atoms with E-state index in [9.17, 15) is 13.6 Å². The van der Waals surface area contributed by atoms with E-state index >= 15 is 0 Å². The van der Waals surface area contributed by atoms with Crippen molar-refractivity contribution in [2.75, 3.05) is 6.54 Å². The molecule has 0 saturated carbocycles. The topological polar surface area (TPSA) is 20.3 Å². The Labute approximate surface area is 64.2 Å². The number of rotatable bonds is 2. The lowest BCUT2D eigenvalue weighted by molar-refractivity contribution is -0.120. The van der Waals surface area contributed by atoms with E-state index in [1.807, 2.05) is 6.92 Å². The first-order chi connectivity index (χ1) is 5.09. The van der Waals surface area contributed by atoms with Crippen molar-refractivity contribution in [3.63, 3.8) is 0 Å². The normalized spacial score (nSPS) is 29.0. The van der Waals surface area contributed by atoms with Gasteiger partial charge in [0.05, 0.1) is 6.54 Å². The first-order valence-corrected chi connectivity index (χ1v) is 3.68. The van der Waals surface area contributed by atoms with E-state index in [-0.39, 0.29) is 12.5 Å². The van der Waals surface area contributed by atoms with Crippen LogP contribution >= 0.6 is 0 Å². The Hall–Kier alpha value is -0.670. The molecule has 0 aromatic carbocycles. The molecule has 1 fully saturated rings. The van der Waals surface area contributed by atoms with Crippen molar-refractivity contribution in [1.82, 2.24) is 4.90 Å². The van der Waals surface area contributed by atoms with E-state index in [1.54, 1.807) is 0 Å². The molecule has 0 bridgehead atoms. The fraction of sp³-hybridized carbons (Fsp3) is 0.857. The SMILES string of the molecule is CC[C@@H]1CC(F)(F)CN1C=O. The van der Waals surface area contributed by atoms with Crippen LogP contribution in [0.15, 0.2) is 0 Å². The Bertz CT molecular complexity index is 161. The maximum Gasteiger partial charge on any atom is 0.267 e. The molecule has 0 spiro atoms. The summed E-state index contributed by atoms with van der Waals surface area (Å²) < 4.78 is 25.2. The van der Waals surface area contributed by atoms with Gasteiger partial charge in [-0.2, -0.15) is 0 Å². The number of hydrogen-bond acceptors (Lipinski definition) is 1. The zero-order chi connectivity index (χ0) is 8.48. The second-order valence-corrected chi connectivity index (χ2v) is 2.90. The molecule has 4 heteroatoms. The zero-order valence-corrected chi connectivity index (χ0v) is 6.39. The fourth-order valence-electron chi connectivity index (χ4n) is 1.42. The summed E-state index contributed by atoms with van der Waals surface area (Å²) in [5, 5.41) is 0. The van der Waals surface area contributed by atoms with Gasteiger partial charge >= 0.3 is 0 Å². The van der Waals surface area contributed by atoms with Crippen molar-refractivity contribution in [3.8, 4) is 0 Å². The molecule has 2 nitrogen and oxygen atoms in total. The maximum atomic E-state index is 12.6. The Kier molecular flexibility index (Phi) is 2.11. The molecule has 1 atom stereocenters. The van der Waals surface area contributed by atoms with Gasteiger partial charge in [-0.3, -0.25) is 4.79 Å². The van der Waals surface area contributed by atoms with Crippen LogP contribution in [0.5, 0.6) is 0 Å². The molecule has 0 unspecified atom stereocenters. The molecule has 1 saturated heterocycles. The molecule has 0 aliphatic carbocycles. The maximum absolute atomic E-state index is 12.6. The van der Waals surface area contributed by atoms with Gasteiger partial charge in [0.1, 0.15) is 0 Å². The van der Waals surface area contributed by atoms with Crippen LogP contribution in [0.3, 0.4) is 0 Å². The van der Waals surface area contributed by atoms with Gasteiger partial charge in [0, 0.05) is 12.5 Å². The Morgan fingerprint density at radius 3 is 2.73 bits per heavy atom. The van der Waals surface area contributed by atoms with Gasteiger partial charge in [-0.25, -0.2) is 8.78 Å². The number of halogens is 2. The average Bonchev–Trinajstić information content (AvgIpc) is 2.25. The molecule has 0 N–H and O–H groups in total. The summed E-state index contributed by atoms with van der Waals surface area (Å²) in [4.78, 5) is 11.4. The van der Waals surface area contributed by atoms with Gasteiger partial charge in [0.2, 0.25) is 6.41 Å². The number of amides is 1. The summed E-state index contributed by atoms with van der Waals surface area (Å²) >= 11 is 0. The number of hydrogen-bond donors (Lipinski definition) is 0. The van der Waals surface area contributed by atoms with Gasteiger partial charge in [-0.1, -0.05) is 6.92 Å². The summed E-state index contributed by atoms with van der Waals surface area (Å²) in [7, 11) is 0. The standard InChI is InChI=1S/C7H11F2NO/c1-2-6-3-7(8,9)4-10(6)5-11/h5-6H,2-4H2,1H3/t6-/m1/s1. The van der Waals surface area contributed by atoms with E-state index in [0.29, 0.717) is 12.8 Å². The van der Waals surface area contributed by atoms with Gasteiger partial charge in [0.15, 0.2) is 0 Å². The predicted molar refractivity (Wildman–Crippen MR) is 36.4 cm³/mol. The highest BCUT2D eigenvalue weighted by Crippen LogP contribution is 2.31. The number of likely N-dealkylation sites (tertiary alicyclic amines) is 1. The van der Waals surface area contributed by atoms with E-state index in [1.165, 1.54) is 4.90 Å². The molecule has 1 heterocycles. The van der Waals surface area contributed by atoms with E-state index in [2.05, 4.69) is 0 Å². The van der Waals surface area contributed by atoms with Gasteiger partial charge in [-0.15, -0.1) is 0 Å². The van der Waals surface area contributed by atoms with Crippen molar-refractivity contribution in [1.29, 1.82) is 0 Å². The Morgan fingerprint density at radius 2 is 2.36 bits per heavy atom. The summed E-state index contributed by atoms with van der Waals surface area (Å²) in [5.41, 5.74) is 0. The minimum atomic E-state index is -2.67. The summed E-state index contributed by atoms with van der Waals surface area (Å²) in [6, 6.07) is -0.262. The van der Waals surface area contributed by atoms with Crippen LogP contribution in [0.1, 0.15) is 19.8 Å². The minimum absolute atomic E-state index is 0.178. The first kappa shape index (κ1) is 8.43. The van der Waals surface area contributed by atoms with Crippen molar-refractivity contribution >= 4 is 6.41 Å². The first-order valence-electron chi connectivity index (χ1n) is 3.68. The van der Waals surface area contributed by atoms with Crippen LogP contribution in [0, 0.1) is 0 Å². The summed E-state index contributed by atoms with van der Waals surface area (Å²) in [6.07, 6.45) is 0.936. The Morgan fingerprint density at radius 1 is 1.73 bits per heavy atom. The molecular formula is C7H11F2NO. The van der Waals surface area contributed by atoms with Crippen LogP contribution in [-0.4, -0.2) is 29.8 Å². The van der Waals surface area contributed by atoms with Crippen LogP contribution in [0.2, 0.25) is 0 Å². The molecule has 1 aliphatic rings. The molecule has 0 aromatic rings. The molecule has 0 aromatic heterocycles. The van der Waals surface area contributed by atoms with Crippen LogP contribution in [-0.2, 0) is 4.79 Å². The van der Waals surface area contributed by atoms with Crippen LogP contribution in [0.4, 0.5) is 8.78 Å². The second kappa shape index (κ2) is 2.75. The zero-order valence-electron chi connectivity index (χ0n) is 6.39. The lowest BCUT2D eigenvalue weighted by atomic mass is 10.1. The molecule has 1 aliphatic heterocycles. The fourth-order valence-corrected chi connectivity index (χ4v) is 1.42. The second-order valence-electron chi connectivity index (χ2n) is 2.90. The van der Waals surface area contributed by atoms with E-state index < -0.39 is 12.5 Å². The van der Waals surface area contributed by atoms with Crippen molar-refractivity contribution in [2.24, 2.45) is 0 Å². The molecular weight excluding hydrogens is 152 g/mol. The van der Waals surface area contributed by atoms with Gasteiger partial charge < -0.3 is 4.90 Å². The number of carbonyl (C=O) groups is 1. The quantitative estimate of drug-likeness (QED) is 0.561. The van der Waals surface area contributed by atoms with Crippen molar-refractivity contribution in [3.05, 3.63) is 0 Å². The van der Waals surface area contributed by atoms with Crippen molar-refractivity contribution < 1.29 is 13.6 Å². The molecule has 0 radical (unpaired) electrons. The molecule has 1 amide bonds. The summed E-state index contributed by atoms with van der Waals surface area (Å²) in [6.45, 7) is 1.40. The highest BCUT2D eigenvalue weighted by Gasteiger charge is 2.43. The Balaban J connectivity index is 2.62. The van der Waals surface area contributed by atoms with E-state index in [0.717, 1.165) is 0 Å². The van der Waals surface area contributed by atoms with Crippen LogP contribution in [0.25, 0.3) is 0 Å². The van der Waals surface area contributed by atoms with Crippen LogP contribution < -0.4 is 0 Å². The molecule has 1 rings (SSSR count). The third kappa shape index (κ3) is 1.67. The highest BCUT2D eigenvalue weighted by atomic mass is 19.3. The minimum Gasteiger partial charge on any atom is -0.336 e. The lowest BCUT2D eigenvalue weighted by Crippen LogP contribution is -2.28. The number of nitrogens with zero attached hydrogens (tertiary/aromatic N) is 1. The largest absolute Gasteiger partial charge is 0.336 e. The predicted octanol–water partition coefficient (Wildman–Crippen LogP) is 1.26. The average molecular weight is 163 g/mol. The third-order valence-corrected chi connectivity index (χ3v) is 2.02. The highest BCUT2D eigenvalue weighted by molar-refractivity contribution is 5.48.